The first-order valence-corrected chi connectivity index (χ1v) is 7.76. The van der Waals surface area contributed by atoms with Gasteiger partial charge in [0, 0.05) is 19.8 Å². The zero-order valence-electron chi connectivity index (χ0n) is 12.2. The van der Waals surface area contributed by atoms with Gasteiger partial charge in [-0.25, -0.2) is 0 Å². The third kappa shape index (κ3) is 2.01. The Bertz CT molecular complexity index is 406. The van der Waals surface area contributed by atoms with Crippen molar-refractivity contribution in [3.63, 3.8) is 0 Å². The van der Waals surface area contributed by atoms with Crippen molar-refractivity contribution in [3.8, 4) is 0 Å². The van der Waals surface area contributed by atoms with E-state index in [1.54, 1.807) is 0 Å². The van der Waals surface area contributed by atoms with Gasteiger partial charge in [-0.3, -0.25) is 9.59 Å². The minimum atomic E-state index is -0.642. The molecule has 2 saturated carbocycles. The van der Waals surface area contributed by atoms with Gasteiger partial charge in [-0.05, 0) is 23.7 Å². The number of hydrogen-bond acceptors (Lipinski definition) is 2. The van der Waals surface area contributed by atoms with Crippen LogP contribution >= 0.6 is 15.9 Å². The lowest BCUT2D eigenvalue weighted by Gasteiger charge is -2.50. The fourth-order valence-electron chi connectivity index (χ4n) is 4.17. The predicted molar refractivity (Wildman–Crippen MR) is 77.6 cm³/mol. The maximum absolute atomic E-state index is 11.6. The lowest BCUT2D eigenvalue weighted by atomic mass is 9.65. The molecule has 4 unspecified atom stereocenters. The van der Waals surface area contributed by atoms with E-state index in [9.17, 15) is 9.59 Å². The molecular formula is C14H23BrN2O2. The van der Waals surface area contributed by atoms with Crippen LogP contribution in [0.5, 0.6) is 0 Å². The average molecular weight is 331 g/mol. The van der Waals surface area contributed by atoms with Gasteiger partial charge in [-0.2, -0.15) is 0 Å². The van der Waals surface area contributed by atoms with E-state index in [1.807, 2.05) is 0 Å². The SMILES string of the molecule is CC(=O)NC1(NC(C)=O)C(Br)C2CC1C(C)C2(C)C. The zero-order valence-corrected chi connectivity index (χ0v) is 13.8. The molecule has 2 bridgehead atoms. The summed E-state index contributed by atoms with van der Waals surface area (Å²) in [5.74, 6) is 0.965. The van der Waals surface area contributed by atoms with Crippen molar-refractivity contribution in [1.82, 2.24) is 10.6 Å². The molecule has 0 radical (unpaired) electrons. The van der Waals surface area contributed by atoms with Crippen molar-refractivity contribution < 1.29 is 9.59 Å². The number of alkyl halides is 1. The monoisotopic (exact) mass is 330 g/mol. The first-order chi connectivity index (χ1) is 8.63. The highest BCUT2D eigenvalue weighted by Crippen LogP contribution is 2.64. The van der Waals surface area contributed by atoms with Crippen LogP contribution in [0.1, 0.15) is 41.0 Å². The molecule has 0 aromatic rings. The Hall–Kier alpha value is -0.580. The largest absolute Gasteiger partial charge is 0.332 e. The van der Waals surface area contributed by atoms with Crippen LogP contribution in [0, 0.1) is 23.2 Å². The van der Waals surface area contributed by atoms with E-state index < -0.39 is 5.66 Å². The summed E-state index contributed by atoms with van der Waals surface area (Å²) in [7, 11) is 0. The van der Waals surface area contributed by atoms with Gasteiger partial charge in [0.25, 0.3) is 0 Å². The van der Waals surface area contributed by atoms with Crippen LogP contribution in [0.4, 0.5) is 0 Å². The second kappa shape index (κ2) is 4.47. The Labute approximate surface area is 123 Å². The first-order valence-electron chi connectivity index (χ1n) is 6.84. The molecule has 2 amide bonds. The number of halogens is 1. The summed E-state index contributed by atoms with van der Waals surface area (Å²) in [5.41, 5.74) is -0.420. The van der Waals surface area contributed by atoms with Crippen LogP contribution in [-0.4, -0.2) is 22.3 Å². The first kappa shape index (κ1) is 14.8. The molecule has 4 atom stereocenters. The van der Waals surface area contributed by atoms with Crippen LogP contribution in [-0.2, 0) is 9.59 Å². The quantitative estimate of drug-likeness (QED) is 0.601. The molecule has 19 heavy (non-hydrogen) atoms. The van der Waals surface area contributed by atoms with Gasteiger partial charge in [0.2, 0.25) is 11.8 Å². The van der Waals surface area contributed by atoms with Crippen molar-refractivity contribution in [3.05, 3.63) is 0 Å². The van der Waals surface area contributed by atoms with Crippen LogP contribution in [0.25, 0.3) is 0 Å². The minimum absolute atomic E-state index is 0.0731. The van der Waals surface area contributed by atoms with E-state index in [1.165, 1.54) is 13.8 Å². The molecular weight excluding hydrogens is 308 g/mol. The lowest BCUT2D eigenvalue weighted by Crippen LogP contribution is -2.70. The molecule has 0 aromatic heterocycles. The van der Waals surface area contributed by atoms with E-state index in [2.05, 4.69) is 47.3 Å². The Morgan fingerprint density at radius 3 is 1.95 bits per heavy atom. The summed E-state index contributed by atoms with van der Waals surface area (Å²) in [6.07, 6.45) is 1.03. The van der Waals surface area contributed by atoms with Crippen molar-refractivity contribution in [2.45, 2.75) is 51.5 Å². The second-order valence-electron chi connectivity index (χ2n) is 6.69. The molecule has 0 aromatic carbocycles. The Kier molecular flexibility index (Phi) is 3.49. The highest BCUT2D eigenvalue weighted by molar-refractivity contribution is 9.09. The number of rotatable bonds is 2. The standard InChI is InChI=1S/C14H23BrN2O2/c1-7-10-6-11(13(7,4)5)12(15)14(10,16-8(2)18)17-9(3)19/h7,10-12H,6H2,1-5H3,(H,16,18)(H,17,19). The average Bonchev–Trinajstić information content (AvgIpc) is 2.62. The number of carbonyl (C=O) groups excluding carboxylic acids is 2. The van der Waals surface area contributed by atoms with Gasteiger partial charge in [0.05, 0.1) is 4.83 Å². The van der Waals surface area contributed by atoms with Crippen molar-refractivity contribution >= 4 is 27.7 Å². The number of hydrogen-bond donors (Lipinski definition) is 2. The van der Waals surface area contributed by atoms with E-state index in [0.717, 1.165) is 6.42 Å². The second-order valence-corrected chi connectivity index (χ2v) is 7.68. The fourth-order valence-corrected chi connectivity index (χ4v) is 5.64. The van der Waals surface area contributed by atoms with Gasteiger partial charge in [-0.15, -0.1) is 0 Å². The number of nitrogens with one attached hydrogen (secondary N) is 2. The summed E-state index contributed by atoms with van der Waals surface area (Å²) in [6, 6.07) is 0. The molecule has 0 spiro atoms. The fraction of sp³-hybridized carbons (Fsp3) is 0.857. The summed E-state index contributed by atoms with van der Waals surface area (Å²) in [6.45, 7) is 9.79. The van der Waals surface area contributed by atoms with E-state index in [-0.39, 0.29) is 28.0 Å². The van der Waals surface area contributed by atoms with Crippen molar-refractivity contribution in [1.29, 1.82) is 0 Å². The van der Waals surface area contributed by atoms with Crippen LogP contribution in [0.2, 0.25) is 0 Å². The van der Waals surface area contributed by atoms with E-state index >= 15 is 0 Å². The molecule has 108 valence electrons. The molecule has 5 heteroatoms. The van der Waals surface area contributed by atoms with Crippen molar-refractivity contribution in [2.75, 3.05) is 0 Å². The molecule has 2 aliphatic carbocycles. The predicted octanol–water partition coefficient (Wildman–Crippen LogP) is 2.03. The summed E-state index contributed by atoms with van der Waals surface area (Å²) in [5, 5.41) is 6.04. The van der Waals surface area contributed by atoms with E-state index in [0.29, 0.717) is 11.8 Å². The summed E-state index contributed by atoms with van der Waals surface area (Å²) in [4.78, 5) is 23.3. The van der Waals surface area contributed by atoms with Gasteiger partial charge in [0.1, 0.15) is 5.66 Å². The van der Waals surface area contributed by atoms with Gasteiger partial charge < -0.3 is 10.6 Å². The lowest BCUT2D eigenvalue weighted by molar-refractivity contribution is -0.127. The highest BCUT2D eigenvalue weighted by atomic mass is 79.9. The summed E-state index contributed by atoms with van der Waals surface area (Å²) >= 11 is 3.75. The number of carbonyl (C=O) groups is 2. The third-order valence-corrected chi connectivity index (χ3v) is 6.74. The van der Waals surface area contributed by atoms with Crippen LogP contribution in [0.3, 0.4) is 0 Å². The maximum atomic E-state index is 11.6. The summed E-state index contributed by atoms with van der Waals surface area (Å²) < 4.78 is 0. The minimum Gasteiger partial charge on any atom is -0.332 e. The van der Waals surface area contributed by atoms with Crippen LogP contribution in [0.15, 0.2) is 0 Å². The molecule has 2 fully saturated rings. The molecule has 0 saturated heterocycles. The van der Waals surface area contributed by atoms with E-state index in [4.69, 9.17) is 0 Å². The number of amides is 2. The zero-order chi connectivity index (χ0) is 14.6. The molecule has 4 nitrogen and oxygen atoms in total. The van der Waals surface area contributed by atoms with Crippen LogP contribution < -0.4 is 10.6 Å². The van der Waals surface area contributed by atoms with Gasteiger partial charge in [0.15, 0.2) is 0 Å². The Balaban J connectivity index is 2.40. The third-order valence-electron chi connectivity index (χ3n) is 5.38. The molecule has 0 heterocycles. The van der Waals surface area contributed by atoms with Gasteiger partial charge >= 0.3 is 0 Å². The Morgan fingerprint density at radius 2 is 1.58 bits per heavy atom. The molecule has 0 aliphatic heterocycles. The smallest absolute Gasteiger partial charge is 0.218 e. The maximum Gasteiger partial charge on any atom is 0.218 e. The number of fused-ring (bicyclic) bond motifs is 2. The topological polar surface area (TPSA) is 58.2 Å². The molecule has 2 N–H and O–H groups in total. The Morgan fingerprint density at radius 1 is 1.11 bits per heavy atom. The van der Waals surface area contributed by atoms with Crippen molar-refractivity contribution in [2.24, 2.45) is 23.2 Å². The molecule has 2 rings (SSSR count). The highest BCUT2D eigenvalue weighted by Gasteiger charge is 2.67. The molecule has 2 aliphatic rings. The van der Waals surface area contributed by atoms with Gasteiger partial charge in [-0.1, -0.05) is 36.7 Å². The normalized spacial score (nSPS) is 38.0.